The second-order valence-corrected chi connectivity index (χ2v) is 7.71. The molecule has 0 saturated carbocycles. The van der Waals surface area contributed by atoms with Gasteiger partial charge in [0.15, 0.2) is 0 Å². The van der Waals surface area contributed by atoms with Crippen LogP contribution < -0.4 is 5.32 Å². The van der Waals surface area contributed by atoms with Gasteiger partial charge in [0.1, 0.15) is 5.15 Å². The van der Waals surface area contributed by atoms with Gasteiger partial charge in [-0.15, -0.1) is 0 Å². The number of aromatic nitrogens is 2. The molecule has 5 heteroatoms. The Hall–Kier alpha value is -0.190. The fraction of sp³-hybridized carbons (Fsp3) is 0.812. The molecule has 0 aromatic carbocycles. The van der Waals surface area contributed by atoms with Gasteiger partial charge in [0, 0.05) is 18.7 Å². The van der Waals surface area contributed by atoms with Crippen molar-refractivity contribution in [1.29, 1.82) is 0 Å². The summed E-state index contributed by atoms with van der Waals surface area (Å²) < 4.78 is 1.79. The second-order valence-electron chi connectivity index (χ2n) is 6.13. The van der Waals surface area contributed by atoms with Gasteiger partial charge in [0.05, 0.1) is 5.69 Å². The van der Waals surface area contributed by atoms with E-state index in [1.54, 1.807) is 4.68 Å². The Labute approximate surface area is 138 Å². The summed E-state index contributed by atoms with van der Waals surface area (Å²) in [6, 6.07) is 0.526. The lowest BCUT2D eigenvalue weighted by Crippen LogP contribution is -2.34. The molecular formula is C16H28ClN3S. The van der Waals surface area contributed by atoms with Gasteiger partial charge in [-0.05, 0) is 63.0 Å². The molecule has 120 valence electrons. The van der Waals surface area contributed by atoms with E-state index in [1.807, 2.05) is 7.05 Å². The van der Waals surface area contributed by atoms with Gasteiger partial charge in [0.25, 0.3) is 0 Å². The zero-order valence-electron chi connectivity index (χ0n) is 13.5. The minimum atomic E-state index is 0.526. The minimum Gasteiger partial charge on any atom is -0.314 e. The van der Waals surface area contributed by atoms with Crippen LogP contribution in [0.1, 0.15) is 43.9 Å². The first-order valence-corrected chi connectivity index (χ1v) is 9.64. The quantitative estimate of drug-likeness (QED) is 0.824. The van der Waals surface area contributed by atoms with E-state index in [1.165, 1.54) is 42.8 Å². The van der Waals surface area contributed by atoms with Crippen molar-refractivity contribution < 1.29 is 0 Å². The number of aryl methyl sites for hydroxylation is 2. The average Bonchev–Trinajstić information content (AvgIpc) is 2.72. The van der Waals surface area contributed by atoms with Crippen LogP contribution >= 0.6 is 23.4 Å². The number of halogens is 1. The number of rotatable bonds is 7. The molecule has 1 atom stereocenters. The number of nitrogens with one attached hydrogen (secondary N) is 1. The first kappa shape index (κ1) is 17.2. The van der Waals surface area contributed by atoms with Crippen LogP contribution in [0.4, 0.5) is 0 Å². The van der Waals surface area contributed by atoms with Crippen LogP contribution in [0.25, 0.3) is 0 Å². The van der Waals surface area contributed by atoms with Gasteiger partial charge in [-0.1, -0.05) is 18.5 Å². The van der Waals surface area contributed by atoms with Gasteiger partial charge < -0.3 is 5.32 Å². The third-order valence-corrected chi connectivity index (χ3v) is 5.88. The van der Waals surface area contributed by atoms with Crippen LogP contribution in [-0.4, -0.2) is 33.9 Å². The van der Waals surface area contributed by atoms with Gasteiger partial charge in [-0.2, -0.15) is 16.9 Å². The smallest absolute Gasteiger partial charge is 0.130 e. The minimum absolute atomic E-state index is 0.526. The highest BCUT2D eigenvalue weighted by Crippen LogP contribution is 2.28. The molecule has 0 amide bonds. The lowest BCUT2D eigenvalue weighted by atomic mass is 9.91. The van der Waals surface area contributed by atoms with Crippen molar-refractivity contribution >= 4 is 23.4 Å². The lowest BCUT2D eigenvalue weighted by Gasteiger charge is -2.27. The first-order valence-electron chi connectivity index (χ1n) is 8.10. The SMILES string of the molecule is CCCNC(Cc1c(C)nn(C)c1Cl)CC1CCSCC1. The van der Waals surface area contributed by atoms with E-state index < -0.39 is 0 Å². The number of hydrogen-bond acceptors (Lipinski definition) is 3. The molecule has 1 aliphatic heterocycles. The van der Waals surface area contributed by atoms with Crippen molar-refractivity contribution in [3.05, 3.63) is 16.4 Å². The molecule has 21 heavy (non-hydrogen) atoms. The van der Waals surface area contributed by atoms with Crippen LogP contribution in [0.2, 0.25) is 5.15 Å². The molecule has 1 aromatic rings. The zero-order valence-corrected chi connectivity index (χ0v) is 15.1. The Balaban J connectivity index is 2.00. The summed E-state index contributed by atoms with van der Waals surface area (Å²) in [7, 11) is 1.92. The zero-order chi connectivity index (χ0) is 15.2. The molecule has 1 aliphatic rings. The third-order valence-electron chi connectivity index (χ3n) is 4.36. The van der Waals surface area contributed by atoms with E-state index in [9.17, 15) is 0 Å². The predicted molar refractivity (Wildman–Crippen MR) is 93.4 cm³/mol. The highest BCUT2D eigenvalue weighted by atomic mass is 35.5. The summed E-state index contributed by atoms with van der Waals surface area (Å²) in [5, 5.41) is 8.97. The molecule has 1 aromatic heterocycles. The molecule has 0 radical (unpaired) electrons. The maximum Gasteiger partial charge on any atom is 0.130 e. The Kier molecular flexibility index (Phi) is 6.90. The lowest BCUT2D eigenvalue weighted by molar-refractivity contribution is 0.362. The summed E-state index contributed by atoms with van der Waals surface area (Å²) in [6.45, 7) is 5.38. The predicted octanol–water partition coefficient (Wildman–Crippen LogP) is 3.83. The van der Waals surface area contributed by atoms with Gasteiger partial charge >= 0.3 is 0 Å². The third kappa shape index (κ3) is 4.90. The van der Waals surface area contributed by atoms with Crippen LogP contribution in [0.15, 0.2) is 0 Å². The first-order chi connectivity index (χ1) is 10.1. The number of hydrogen-bond donors (Lipinski definition) is 1. The molecule has 1 unspecified atom stereocenters. The Morgan fingerprint density at radius 1 is 1.43 bits per heavy atom. The van der Waals surface area contributed by atoms with Gasteiger partial charge in [-0.25, -0.2) is 0 Å². The second kappa shape index (κ2) is 8.44. The Morgan fingerprint density at radius 3 is 2.71 bits per heavy atom. The standard InChI is InChI=1S/C16H28ClN3S/c1-4-7-18-14(10-13-5-8-21-9-6-13)11-15-12(2)19-20(3)16(15)17/h13-14,18H,4-11H2,1-3H3. The summed E-state index contributed by atoms with van der Waals surface area (Å²) in [5.74, 6) is 3.53. The Bertz CT molecular complexity index is 441. The van der Waals surface area contributed by atoms with Crippen LogP contribution in [0.5, 0.6) is 0 Å². The number of thioether (sulfide) groups is 1. The van der Waals surface area contributed by atoms with E-state index in [4.69, 9.17) is 11.6 Å². The van der Waals surface area contributed by atoms with Crippen molar-refractivity contribution in [2.24, 2.45) is 13.0 Å². The molecule has 0 bridgehead atoms. The summed E-state index contributed by atoms with van der Waals surface area (Å²) in [6.07, 6.45) is 6.19. The summed E-state index contributed by atoms with van der Waals surface area (Å²) in [4.78, 5) is 0. The molecular weight excluding hydrogens is 302 g/mol. The largest absolute Gasteiger partial charge is 0.314 e. The fourth-order valence-electron chi connectivity index (χ4n) is 3.12. The summed E-state index contributed by atoms with van der Waals surface area (Å²) in [5.41, 5.74) is 2.29. The average molecular weight is 330 g/mol. The maximum atomic E-state index is 6.40. The fourth-order valence-corrected chi connectivity index (χ4v) is 4.58. The van der Waals surface area contributed by atoms with Crippen LogP contribution in [0, 0.1) is 12.8 Å². The monoisotopic (exact) mass is 329 g/mol. The van der Waals surface area contributed by atoms with Crippen molar-refractivity contribution in [3.8, 4) is 0 Å². The normalized spacial score (nSPS) is 18.1. The van der Waals surface area contributed by atoms with Crippen molar-refractivity contribution in [2.45, 2.75) is 52.0 Å². The van der Waals surface area contributed by atoms with Gasteiger partial charge in [0.2, 0.25) is 0 Å². The molecule has 2 rings (SSSR count). The van der Waals surface area contributed by atoms with Crippen LogP contribution in [-0.2, 0) is 13.5 Å². The molecule has 1 fully saturated rings. The Morgan fingerprint density at radius 2 is 2.14 bits per heavy atom. The van der Waals surface area contributed by atoms with Gasteiger partial charge in [-0.3, -0.25) is 4.68 Å². The number of nitrogens with zero attached hydrogens (tertiary/aromatic N) is 2. The molecule has 0 spiro atoms. The molecule has 1 N–H and O–H groups in total. The maximum absolute atomic E-state index is 6.40. The van der Waals surface area contributed by atoms with E-state index in [2.05, 4.69) is 36.0 Å². The molecule has 3 nitrogen and oxygen atoms in total. The highest BCUT2D eigenvalue weighted by molar-refractivity contribution is 7.99. The molecule has 2 heterocycles. The molecule has 0 aliphatic carbocycles. The van der Waals surface area contributed by atoms with E-state index >= 15 is 0 Å². The van der Waals surface area contributed by atoms with Crippen molar-refractivity contribution in [2.75, 3.05) is 18.1 Å². The van der Waals surface area contributed by atoms with E-state index in [-0.39, 0.29) is 0 Å². The topological polar surface area (TPSA) is 29.9 Å². The van der Waals surface area contributed by atoms with E-state index in [0.717, 1.165) is 29.7 Å². The highest BCUT2D eigenvalue weighted by Gasteiger charge is 2.22. The van der Waals surface area contributed by atoms with Crippen molar-refractivity contribution in [3.63, 3.8) is 0 Å². The van der Waals surface area contributed by atoms with Crippen molar-refractivity contribution in [1.82, 2.24) is 15.1 Å². The van der Waals surface area contributed by atoms with Crippen LogP contribution in [0.3, 0.4) is 0 Å². The van der Waals surface area contributed by atoms with E-state index in [0.29, 0.717) is 6.04 Å². The summed E-state index contributed by atoms with van der Waals surface area (Å²) >= 11 is 8.51. The molecule has 1 saturated heterocycles.